The number of carbonyl (C=O) groups is 1. The topological polar surface area (TPSA) is 60.8 Å². The van der Waals surface area contributed by atoms with Crippen molar-refractivity contribution >= 4 is 5.91 Å². The highest BCUT2D eigenvalue weighted by molar-refractivity contribution is 5.94. The zero-order chi connectivity index (χ0) is 12.5. The molecule has 1 aromatic carbocycles. The number of β-amino-alcohol motifs (C(OH)–C–C–N with tert-alkyl or cyclic N) is 1. The maximum absolute atomic E-state index is 12.1. The van der Waals surface area contributed by atoms with Crippen molar-refractivity contribution in [3.8, 4) is 0 Å². The highest BCUT2D eigenvalue weighted by atomic mass is 16.3. The van der Waals surface area contributed by atoms with Crippen molar-refractivity contribution in [2.45, 2.75) is 25.6 Å². The lowest BCUT2D eigenvalue weighted by Crippen LogP contribution is -2.33. The van der Waals surface area contributed by atoms with Gasteiger partial charge in [0, 0.05) is 18.7 Å². The number of hydrogen-bond donors (Lipinski definition) is 2. The van der Waals surface area contributed by atoms with Crippen LogP contribution in [0.2, 0.25) is 0 Å². The van der Waals surface area contributed by atoms with Crippen molar-refractivity contribution in [2.75, 3.05) is 13.1 Å². The molecule has 1 unspecified atom stereocenters. The SMILES string of the molecule is CC1(O)CCN(C(=O)c2ccc(CO)cc2)C1. The third-order valence-corrected chi connectivity index (χ3v) is 3.12. The number of amides is 1. The minimum absolute atomic E-state index is 0.0209. The molecular formula is C13H17NO3. The average molecular weight is 235 g/mol. The number of aliphatic hydroxyl groups is 2. The van der Waals surface area contributed by atoms with Gasteiger partial charge >= 0.3 is 0 Å². The molecule has 1 aromatic rings. The summed E-state index contributed by atoms with van der Waals surface area (Å²) < 4.78 is 0. The van der Waals surface area contributed by atoms with E-state index in [1.165, 1.54) is 0 Å². The van der Waals surface area contributed by atoms with Gasteiger partial charge in [-0.05, 0) is 31.0 Å². The van der Waals surface area contributed by atoms with Gasteiger partial charge in [-0.1, -0.05) is 12.1 Å². The molecule has 1 saturated heterocycles. The number of rotatable bonds is 2. The van der Waals surface area contributed by atoms with Crippen molar-refractivity contribution in [1.29, 1.82) is 0 Å². The quantitative estimate of drug-likeness (QED) is 0.796. The van der Waals surface area contributed by atoms with Crippen molar-refractivity contribution in [3.63, 3.8) is 0 Å². The molecule has 1 aliphatic rings. The van der Waals surface area contributed by atoms with Gasteiger partial charge < -0.3 is 15.1 Å². The molecule has 1 heterocycles. The van der Waals surface area contributed by atoms with Crippen molar-refractivity contribution < 1.29 is 15.0 Å². The molecule has 2 rings (SSSR count). The van der Waals surface area contributed by atoms with Crippen LogP contribution in [0.3, 0.4) is 0 Å². The van der Waals surface area contributed by atoms with E-state index >= 15 is 0 Å². The molecule has 0 spiro atoms. The smallest absolute Gasteiger partial charge is 0.253 e. The summed E-state index contributed by atoms with van der Waals surface area (Å²) >= 11 is 0. The Bertz CT molecular complexity index is 411. The van der Waals surface area contributed by atoms with Crippen LogP contribution in [0, 0.1) is 0 Å². The Kier molecular flexibility index (Phi) is 3.17. The molecule has 0 radical (unpaired) electrons. The van der Waals surface area contributed by atoms with E-state index in [4.69, 9.17) is 5.11 Å². The van der Waals surface area contributed by atoms with E-state index in [2.05, 4.69) is 0 Å². The van der Waals surface area contributed by atoms with Crippen molar-refractivity contribution in [2.24, 2.45) is 0 Å². The van der Waals surface area contributed by atoms with Crippen LogP contribution in [0.1, 0.15) is 29.3 Å². The van der Waals surface area contributed by atoms with Crippen molar-refractivity contribution in [3.05, 3.63) is 35.4 Å². The molecule has 1 fully saturated rings. The summed E-state index contributed by atoms with van der Waals surface area (Å²) in [4.78, 5) is 13.7. The lowest BCUT2D eigenvalue weighted by atomic mass is 10.1. The predicted molar refractivity (Wildman–Crippen MR) is 63.5 cm³/mol. The zero-order valence-electron chi connectivity index (χ0n) is 9.89. The van der Waals surface area contributed by atoms with Gasteiger partial charge in [-0.25, -0.2) is 0 Å². The van der Waals surface area contributed by atoms with Gasteiger partial charge in [0.05, 0.1) is 12.2 Å². The number of hydrogen-bond acceptors (Lipinski definition) is 3. The fourth-order valence-electron chi connectivity index (χ4n) is 2.05. The molecule has 92 valence electrons. The number of likely N-dealkylation sites (tertiary alicyclic amines) is 1. The molecule has 17 heavy (non-hydrogen) atoms. The van der Waals surface area contributed by atoms with E-state index in [-0.39, 0.29) is 12.5 Å². The highest BCUT2D eigenvalue weighted by Crippen LogP contribution is 2.22. The van der Waals surface area contributed by atoms with Crippen LogP contribution in [0.5, 0.6) is 0 Å². The van der Waals surface area contributed by atoms with Gasteiger partial charge in [0.2, 0.25) is 0 Å². The monoisotopic (exact) mass is 235 g/mol. The highest BCUT2D eigenvalue weighted by Gasteiger charge is 2.34. The molecule has 0 aromatic heterocycles. The summed E-state index contributed by atoms with van der Waals surface area (Å²) in [6.45, 7) is 2.70. The molecule has 0 saturated carbocycles. The van der Waals surface area contributed by atoms with Gasteiger partial charge in [0.15, 0.2) is 0 Å². The second kappa shape index (κ2) is 4.47. The summed E-state index contributed by atoms with van der Waals surface area (Å²) in [5.41, 5.74) is 0.621. The van der Waals surface area contributed by atoms with Crippen LogP contribution >= 0.6 is 0 Å². The number of aliphatic hydroxyl groups excluding tert-OH is 1. The van der Waals surface area contributed by atoms with Crippen LogP contribution in [-0.2, 0) is 6.61 Å². The molecule has 4 nitrogen and oxygen atoms in total. The van der Waals surface area contributed by atoms with Crippen LogP contribution in [0.15, 0.2) is 24.3 Å². The first kappa shape index (κ1) is 12.1. The summed E-state index contributed by atoms with van der Waals surface area (Å²) in [7, 11) is 0. The van der Waals surface area contributed by atoms with E-state index in [1.54, 1.807) is 36.1 Å². The van der Waals surface area contributed by atoms with Crippen LogP contribution < -0.4 is 0 Å². The first-order chi connectivity index (χ1) is 8.02. The Labute approximate surface area is 100 Å². The summed E-state index contributed by atoms with van der Waals surface area (Å²) in [5, 5.41) is 18.7. The van der Waals surface area contributed by atoms with Gasteiger partial charge in [0.25, 0.3) is 5.91 Å². The molecule has 0 bridgehead atoms. The van der Waals surface area contributed by atoms with E-state index in [0.717, 1.165) is 5.56 Å². The normalized spacial score (nSPS) is 24.1. The summed E-state index contributed by atoms with van der Waals surface area (Å²) in [6.07, 6.45) is 0.619. The largest absolute Gasteiger partial charge is 0.392 e. The van der Waals surface area contributed by atoms with Gasteiger partial charge in [-0.2, -0.15) is 0 Å². The second-order valence-electron chi connectivity index (χ2n) is 4.83. The van der Waals surface area contributed by atoms with Crippen LogP contribution in [-0.4, -0.2) is 39.7 Å². The molecule has 4 heteroatoms. The van der Waals surface area contributed by atoms with E-state index in [0.29, 0.717) is 25.1 Å². The molecule has 2 N–H and O–H groups in total. The predicted octanol–water partition coefficient (Wildman–Crippen LogP) is 0.776. The fraction of sp³-hybridized carbons (Fsp3) is 0.462. The molecule has 1 amide bonds. The average Bonchev–Trinajstić information content (AvgIpc) is 2.69. The minimum atomic E-state index is -0.763. The maximum atomic E-state index is 12.1. The third-order valence-electron chi connectivity index (χ3n) is 3.12. The van der Waals surface area contributed by atoms with Gasteiger partial charge in [-0.3, -0.25) is 4.79 Å². The maximum Gasteiger partial charge on any atom is 0.253 e. The van der Waals surface area contributed by atoms with Crippen LogP contribution in [0.4, 0.5) is 0 Å². The van der Waals surface area contributed by atoms with Crippen molar-refractivity contribution in [1.82, 2.24) is 4.90 Å². The Morgan fingerprint density at radius 3 is 2.53 bits per heavy atom. The number of nitrogens with zero attached hydrogens (tertiary/aromatic N) is 1. The Balaban J connectivity index is 2.09. The number of benzene rings is 1. The molecular weight excluding hydrogens is 218 g/mol. The number of carbonyl (C=O) groups excluding carboxylic acids is 1. The van der Waals surface area contributed by atoms with Gasteiger partial charge in [-0.15, -0.1) is 0 Å². The molecule has 1 atom stereocenters. The first-order valence-corrected chi connectivity index (χ1v) is 5.73. The lowest BCUT2D eigenvalue weighted by molar-refractivity contribution is 0.0572. The molecule has 1 aliphatic heterocycles. The summed E-state index contributed by atoms with van der Waals surface area (Å²) in [6, 6.07) is 6.89. The standard InChI is InChI=1S/C13H17NO3/c1-13(17)6-7-14(9-13)12(16)11-4-2-10(8-15)3-5-11/h2-5,15,17H,6-9H2,1H3. The van der Waals surface area contributed by atoms with E-state index in [1.807, 2.05) is 0 Å². The fourth-order valence-corrected chi connectivity index (χ4v) is 2.05. The Hall–Kier alpha value is -1.39. The molecule has 0 aliphatic carbocycles. The van der Waals surface area contributed by atoms with Gasteiger partial charge in [0.1, 0.15) is 0 Å². The lowest BCUT2D eigenvalue weighted by Gasteiger charge is -2.19. The summed E-state index contributed by atoms with van der Waals surface area (Å²) in [5.74, 6) is -0.0627. The third kappa shape index (κ3) is 2.65. The zero-order valence-corrected chi connectivity index (χ0v) is 9.89. The Morgan fingerprint density at radius 2 is 2.06 bits per heavy atom. The Morgan fingerprint density at radius 1 is 1.41 bits per heavy atom. The van der Waals surface area contributed by atoms with E-state index in [9.17, 15) is 9.90 Å². The first-order valence-electron chi connectivity index (χ1n) is 5.73. The van der Waals surface area contributed by atoms with E-state index < -0.39 is 5.60 Å². The second-order valence-corrected chi connectivity index (χ2v) is 4.83. The minimum Gasteiger partial charge on any atom is -0.392 e. The van der Waals surface area contributed by atoms with Crippen LogP contribution in [0.25, 0.3) is 0 Å².